The summed E-state index contributed by atoms with van der Waals surface area (Å²) in [7, 11) is 1.73. The van der Waals surface area contributed by atoms with Crippen molar-refractivity contribution in [3.8, 4) is 0 Å². The fourth-order valence-corrected chi connectivity index (χ4v) is 2.80. The summed E-state index contributed by atoms with van der Waals surface area (Å²) in [5.74, 6) is 0.475. The van der Waals surface area contributed by atoms with Gasteiger partial charge in [-0.2, -0.15) is 4.37 Å². The van der Waals surface area contributed by atoms with Gasteiger partial charge in [0.2, 0.25) is 5.01 Å². The summed E-state index contributed by atoms with van der Waals surface area (Å²) in [6, 6.07) is 5.58. The van der Waals surface area contributed by atoms with Gasteiger partial charge in [0.15, 0.2) is 0 Å². The summed E-state index contributed by atoms with van der Waals surface area (Å²) in [5.41, 5.74) is 0.949. The Morgan fingerprint density at radius 2 is 2.26 bits per heavy atom. The van der Waals surface area contributed by atoms with Crippen LogP contribution in [0.3, 0.4) is 0 Å². The normalized spacial score (nSPS) is 10.5. The first-order valence-electron chi connectivity index (χ1n) is 5.47. The first-order chi connectivity index (χ1) is 8.99. The molecular formula is C12H11BrClN3OS. The summed E-state index contributed by atoms with van der Waals surface area (Å²) in [6.45, 7) is 2.22. The number of hydrogen-bond acceptors (Lipinski definition) is 4. The van der Waals surface area contributed by atoms with Crippen molar-refractivity contribution in [2.75, 3.05) is 7.05 Å². The molecule has 2 aromatic rings. The maximum Gasteiger partial charge on any atom is 0.284 e. The molecule has 0 saturated carbocycles. The molecule has 0 aliphatic rings. The number of rotatable bonds is 3. The van der Waals surface area contributed by atoms with Gasteiger partial charge in [-0.05, 0) is 46.0 Å². The van der Waals surface area contributed by atoms with Gasteiger partial charge in [-0.1, -0.05) is 23.7 Å². The predicted octanol–water partition coefficient (Wildman–Crippen LogP) is 3.53. The number of halogens is 2. The minimum absolute atomic E-state index is 0.141. The van der Waals surface area contributed by atoms with Gasteiger partial charge in [0.1, 0.15) is 5.82 Å². The highest BCUT2D eigenvalue weighted by Crippen LogP contribution is 2.27. The molecule has 0 saturated heterocycles. The fourth-order valence-electron chi connectivity index (χ4n) is 1.55. The highest BCUT2D eigenvalue weighted by Gasteiger charge is 2.17. The van der Waals surface area contributed by atoms with Crippen molar-refractivity contribution in [2.24, 2.45) is 0 Å². The molecule has 0 aliphatic carbocycles. The van der Waals surface area contributed by atoms with E-state index in [4.69, 9.17) is 11.6 Å². The second kappa shape index (κ2) is 5.98. The van der Waals surface area contributed by atoms with Crippen LogP contribution in [0.15, 0.2) is 22.7 Å². The molecule has 19 heavy (non-hydrogen) atoms. The zero-order valence-corrected chi connectivity index (χ0v) is 13.5. The zero-order valence-electron chi connectivity index (χ0n) is 10.4. The molecule has 0 spiro atoms. The van der Waals surface area contributed by atoms with Crippen LogP contribution in [-0.2, 0) is 6.54 Å². The number of amides is 1. The van der Waals surface area contributed by atoms with E-state index >= 15 is 0 Å². The van der Waals surface area contributed by atoms with E-state index in [0.717, 1.165) is 21.6 Å². The molecule has 0 aliphatic heterocycles. The molecule has 4 nitrogen and oxygen atoms in total. The topological polar surface area (TPSA) is 46.1 Å². The van der Waals surface area contributed by atoms with Crippen molar-refractivity contribution in [2.45, 2.75) is 13.5 Å². The van der Waals surface area contributed by atoms with Gasteiger partial charge >= 0.3 is 0 Å². The Labute approximate surface area is 128 Å². The minimum Gasteiger partial charge on any atom is -0.335 e. The molecule has 0 unspecified atom stereocenters. The van der Waals surface area contributed by atoms with Crippen LogP contribution >= 0.6 is 39.1 Å². The molecule has 7 heteroatoms. The molecule has 0 fully saturated rings. The Balaban J connectivity index is 2.15. The molecule has 2 rings (SSSR count). The average molecular weight is 361 g/mol. The number of aromatic nitrogens is 2. The number of nitrogens with zero attached hydrogens (tertiary/aromatic N) is 3. The minimum atomic E-state index is -0.141. The Morgan fingerprint density at radius 1 is 1.53 bits per heavy atom. The standard InChI is InChI=1S/C12H11BrClN3OS/c1-7-15-11(19-16-7)12(18)17(2)6-8-4-3-5-9(14)10(8)13/h3-5H,6H2,1-2H3. The van der Waals surface area contributed by atoms with Crippen molar-refractivity contribution >= 4 is 45.0 Å². The molecular weight excluding hydrogens is 350 g/mol. The van der Waals surface area contributed by atoms with E-state index in [1.807, 2.05) is 12.1 Å². The van der Waals surface area contributed by atoms with Crippen LogP contribution in [0.5, 0.6) is 0 Å². The van der Waals surface area contributed by atoms with Crippen LogP contribution in [0, 0.1) is 6.92 Å². The lowest BCUT2D eigenvalue weighted by atomic mass is 10.2. The predicted molar refractivity (Wildman–Crippen MR) is 79.6 cm³/mol. The number of carbonyl (C=O) groups is 1. The van der Waals surface area contributed by atoms with Crippen LogP contribution in [0.25, 0.3) is 0 Å². The van der Waals surface area contributed by atoms with Gasteiger partial charge in [0.25, 0.3) is 5.91 Å². The quantitative estimate of drug-likeness (QED) is 0.841. The summed E-state index contributed by atoms with van der Waals surface area (Å²) >= 11 is 10.6. The van der Waals surface area contributed by atoms with Crippen molar-refractivity contribution in [1.82, 2.24) is 14.3 Å². The lowest BCUT2D eigenvalue weighted by Crippen LogP contribution is -2.26. The van der Waals surface area contributed by atoms with Gasteiger partial charge in [-0.25, -0.2) is 4.98 Å². The van der Waals surface area contributed by atoms with Crippen LogP contribution < -0.4 is 0 Å². The van der Waals surface area contributed by atoms with Crippen LogP contribution in [0.4, 0.5) is 0 Å². The van der Waals surface area contributed by atoms with E-state index in [9.17, 15) is 4.79 Å². The van der Waals surface area contributed by atoms with E-state index in [1.165, 1.54) is 0 Å². The molecule has 0 radical (unpaired) electrons. The molecule has 1 amide bonds. The summed E-state index contributed by atoms with van der Waals surface area (Å²) in [5, 5.41) is 1.03. The smallest absolute Gasteiger partial charge is 0.284 e. The second-order valence-electron chi connectivity index (χ2n) is 4.02. The maximum atomic E-state index is 12.1. The van der Waals surface area contributed by atoms with E-state index in [1.54, 1.807) is 24.9 Å². The largest absolute Gasteiger partial charge is 0.335 e. The second-order valence-corrected chi connectivity index (χ2v) is 5.97. The monoisotopic (exact) mass is 359 g/mol. The molecule has 0 atom stereocenters. The molecule has 0 N–H and O–H groups in total. The Hall–Kier alpha value is -0.980. The zero-order chi connectivity index (χ0) is 14.0. The third kappa shape index (κ3) is 3.32. The van der Waals surface area contributed by atoms with Crippen LogP contribution in [-0.4, -0.2) is 27.2 Å². The molecule has 0 bridgehead atoms. The lowest BCUT2D eigenvalue weighted by molar-refractivity contribution is 0.0784. The first kappa shape index (κ1) is 14.4. The van der Waals surface area contributed by atoms with Gasteiger partial charge in [0, 0.05) is 18.1 Å². The van der Waals surface area contributed by atoms with Crippen LogP contribution in [0.2, 0.25) is 5.02 Å². The van der Waals surface area contributed by atoms with Crippen molar-refractivity contribution < 1.29 is 4.79 Å². The average Bonchev–Trinajstić information content (AvgIpc) is 2.80. The van der Waals surface area contributed by atoms with Gasteiger partial charge in [0.05, 0.1) is 5.02 Å². The number of hydrogen-bond donors (Lipinski definition) is 0. The van der Waals surface area contributed by atoms with E-state index in [-0.39, 0.29) is 5.91 Å². The molecule has 1 aromatic heterocycles. The number of carbonyl (C=O) groups excluding carboxylic acids is 1. The van der Waals surface area contributed by atoms with E-state index < -0.39 is 0 Å². The summed E-state index contributed by atoms with van der Waals surface area (Å²) in [4.78, 5) is 17.8. The SMILES string of the molecule is Cc1nsc(C(=O)N(C)Cc2cccc(Cl)c2Br)n1. The molecule has 1 heterocycles. The van der Waals surface area contributed by atoms with Crippen molar-refractivity contribution in [3.63, 3.8) is 0 Å². The Morgan fingerprint density at radius 3 is 2.89 bits per heavy atom. The summed E-state index contributed by atoms with van der Waals surface area (Å²) in [6.07, 6.45) is 0. The third-order valence-electron chi connectivity index (χ3n) is 2.50. The third-order valence-corrected chi connectivity index (χ3v) is 4.77. The van der Waals surface area contributed by atoms with E-state index in [0.29, 0.717) is 22.4 Å². The van der Waals surface area contributed by atoms with Gasteiger partial charge < -0.3 is 4.90 Å². The highest BCUT2D eigenvalue weighted by atomic mass is 79.9. The molecule has 100 valence electrons. The van der Waals surface area contributed by atoms with Crippen LogP contribution in [0.1, 0.15) is 21.2 Å². The number of benzene rings is 1. The summed E-state index contributed by atoms with van der Waals surface area (Å²) < 4.78 is 4.82. The van der Waals surface area contributed by atoms with E-state index in [2.05, 4.69) is 25.3 Å². The Kier molecular flexibility index (Phi) is 4.54. The Bertz CT molecular complexity index is 617. The van der Waals surface area contributed by atoms with Gasteiger partial charge in [-0.15, -0.1) is 0 Å². The maximum absolute atomic E-state index is 12.1. The number of aryl methyl sites for hydroxylation is 1. The van der Waals surface area contributed by atoms with Crippen molar-refractivity contribution in [1.29, 1.82) is 0 Å². The van der Waals surface area contributed by atoms with Crippen molar-refractivity contribution in [3.05, 3.63) is 44.1 Å². The highest BCUT2D eigenvalue weighted by molar-refractivity contribution is 9.10. The lowest BCUT2D eigenvalue weighted by Gasteiger charge is -2.16. The van der Waals surface area contributed by atoms with Gasteiger partial charge in [-0.3, -0.25) is 4.79 Å². The fraction of sp³-hybridized carbons (Fsp3) is 0.250. The molecule has 1 aromatic carbocycles. The first-order valence-corrected chi connectivity index (χ1v) is 7.42.